The second-order valence-corrected chi connectivity index (χ2v) is 6.65. The van der Waals surface area contributed by atoms with Crippen molar-refractivity contribution in [2.45, 2.75) is 0 Å². The third-order valence-electron chi connectivity index (χ3n) is 3.45. The Hall–Kier alpha value is -1.99. The van der Waals surface area contributed by atoms with Gasteiger partial charge in [0.1, 0.15) is 0 Å². The predicted molar refractivity (Wildman–Crippen MR) is 95.3 cm³/mol. The van der Waals surface area contributed by atoms with E-state index in [-0.39, 0.29) is 11.6 Å². The molecule has 3 rings (SSSR count). The highest BCUT2D eigenvalue weighted by Gasteiger charge is 2.15. The molecule has 0 saturated carbocycles. The number of aromatic nitrogens is 1. The number of aromatic hydroxyl groups is 1. The van der Waals surface area contributed by atoms with Gasteiger partial charge in [-0.3, -0.25) is 4.79 Å². The summed E-state index contributed by atoms with van der Waals surface area (Å²) in [6, 6.07) is 12.5. The molecule has 1 N–H and O–H groups in total. The third-order valence-corrected chi connectivity index (χ3v) is 4.63. The Labute approximate surface area is 148 Å². The van der Waals surface area contributed by atoms with Crippen LogP contribution in [0.1, 0.15) is 10.4 Å². The summed E-state index contributed by atoms with van der Waals surface area (Å²) in [7, 11) is 1.72. The summed E-state index contributed by atoms with van der Waals surface area (Å²) in [5, 5.41) is 18.7. The van der Waals surface area contributed by atoms with Gasteiger partial charge in [0.15, 0.2) is 5.69 Å². The van der Waals surface area contributed by atoms with E-state index in [2.05, 4.69) is 42.1 Å². The smallest absolute Gasteiger partial charge is 0.296 e. The Morgan fingerprint density at radius 2 is 1.91 bits per heavy atom. The van der Waals surface area contributed by atoms with Crippen molar-refractivity contribution in [2.24, 2.45) is 17.3 Å². The molecule has 0 aliphatic carbocycles. The number of hydrogen-bond donors (Lipinski definition) is 1. The van der Waals surface area contributed by atoms with Crippen LogP contribution >= 0.6 is 31.9 Å². The van der Waals surface area contributed by atoms with Gasteiger partial charge in [-0.2, -0.15) is 0 Å². The molecule has 1 aromatic heterocycles. The second kappa shape index (κ2) is 6.25. The number of nitrogens with zero attached hydrogens (tertiary/aromatic N) is 3. The van der Waals surface area contributed by atoms with Gasteiger partial charge >= 0.3 is 0 Å². The first kappa shape index (κ1) is 15.9. The first-order valence-electron chi connectivity index (χ1n) is 6.66. The van der Waals surface area contributed by atoms with Gasteiger partial charge in [0, 0.05) is 21.4 Å². The number of halogens is 2. The maximum absolute atomic E-state index is 12.2. The molecule has 1 heterocycles. The highest BCUT2D eigenvalue weighted by Crippen LogP contribution is 2.39. The van der Waals surface area contributed by atoms with Crippen LogP contribution in [0.15, 0.2) is 61.6 Å². The van der Waals surface area contributed by atoms with Crippen LogP contribution < -0.4 is 0 Å². The molecule has 116 valence electrons. The second-order valence-electron chi connectivity index (χ2n) is 4.88. The molecule has 0 aliphatic heterocycles. The molecular weight excluding hydrogens is 426 g/mol. The normalized spacial score (nSPS) is 11.4. The van der Waals surface area contributed by atoms with E-state index in [0.29, 0.717) is 15.4 Å². The van der Waals surface area contributed by atoms with Crippen molar-refractivity contribution in [1.82, 2.24) is 4.57 Å². The lowest BCUT2D eigenvalue weighted by molar-refractivity contribution is 0.0994. The lowest BCUT2D eigenvalue weighted by atomic mass is 10.2. The topological polar surface area (TPSA) is 66.9 Å². The Bertz CT molecular complexity index is 948. The summed E-state index contributed by atoms with van der Waals surface area (Å²) < 4.78 is 3.09. The summed E-state index contributed by atoms with van der Waals surface area (Å²) in [6.07, 6.45) is 0. The SMILES string of the molecule is Cn1c(O)c(N=NC(=O)c2ccccc2Br)c2cc(Br)ccc21. The first-order chi connectivity index (χ1) is 11.0. The van der Waals surface area contributed by atoms with Crippen LogP contribution in [-0.4, -0.2) is 15.6 Å². The molecule has 0 unspecified atom stereocenters. The lowest BCUT2D eigenvalue weighted by Crippen LogP contribution is -1.94. The summed E-state index contributed by atoms with van der Waals surface area (Å²) >= 11 is 6.70. The molecule has 0 bridgehead atoms. The van der Waals surface area contributed by atoms with Crippen molar-refractivity contribution < 1.29 is 9.90 Å². The first-order valence-corrected chi connectivity index (χ1v) is 8.25. The van der Waals surface area contributed by atoms with Gasteiger partial charge in [-0.1, -0.05) is 28.1 Å². The Kier molecular flexibility index (Phi) is 4.32. The fourth-order valence-electron chi connectivity index (χ4n) is 2.27. The molecular formula is C16H11Br2N3O2. The van der Waals surface area contributed by atoms with E-state index in [4.69, 9.17) is 0 Å². The van der Waals surface area contributed by atoms with Crippen LogP contribution in [0.5, 0.6) is 5.88 Å². The van der Waals surface area contributed by atoms with Crippen molar-refractivity contribution in [1.29, 1.82) is 0 Å². The molecule has 5 nitrogen and oxygen atoms in total. The molecule has 0 radical (unpaired) electrons. The van der Waals surface area contributed by atoms with Crippen LogP contribution in [-0.2, 0) is 7.05 Å². The number of amides is 1. The van der Waals surface area contributed by atoms with Gasteiger partial charge < -0.3 is 9.67 Å². The minimum Gasteiger partial charge on any atom is -0.493 e. The number of benzene rings is 2. The molecule has 2 aromatic carbocycles. The van der Waals surface area contributed by atoms with Gasteiger partial charge in [-0.15, -0.1) is 10.2 Å². The Morgan fingerprint density at radius 3 is 2.65 bits per heavy atom. The monoisotopic (exact) mass is 435 g/mol. The summed E-state index contributed by atoms with van der Waals surface area (Å²) in [4.78, 5) is 12.2. The molecule has 7 heteroatoms. The van der Waals surface area contributed by atoms with Crippen LogP contribution in [0.2, 0.25) is 0 Å². The number of aryl methyl sites for hydroxylation is 1. The largest absolute Gasteiger partial charge is 0.493 e. The van der Waals surface area contributed by atoms with E-state index in [0.717, 1.165) is 9.99 Å². The van der Waals surface area contributed by atoms with Crippen LogP contribution in [0.4, 0.5) is 5.69 Å². The molecule has 0 atom stereocenters. The van der Waals surface area contributed by atoms with E-state index < -0.39 is 5.91 Å². The van der Waals surface area contributed by atoms with Gasteiger partial charge in [-0.05, 0) is 46.3 Å². The van der Waals surface area contributed by atoms with E-state index in [1.807, 2.05) is 24.3 Å². The summed E-state index contributed by atoms with van der Waals surface area (Å²) in [5.41, 5.74) is 1.48. The minimum atomic E-state index is -0.483. The molecule has 1 amide bonds. The van der Waals surface area contributed by atoms with Crippen molar-refractivity contribution in [3.05, 3.63) is 57.0 Å². The van der Waals surface area contributed by atoms with Crippen LogP contribution in [0.3, 0.4) is 0 Å². The number of hydrogen-bond acceptors (Lipinski definition) is 3. The Morgan fingerprint density at radius 1 is 1.17 bits per heavy atom. The molecule has 0 spiro atoms. The van der Waals surface area contributed by atoms with Gasteiger partial charge in [0.2, 0.25) is 5.88 Å². The number of rotatable bonds is 2. The average molecular weight is 437 g/mol. The van der Waals surface area contributed by atoms with Crippen molar-refractivity contribution >= 4 is 54.4 Å². The zero-order valence-electron chi connectivity index (χ0n) is 12.0. The maximum Gasteiger partial charge on any atom is 0.296 e. The molecule has 3 aromatic rings. The van der Waals surface area contributed by atoms with Gasteiger partial charge in [-0.25, -0.2) is 0 Å². The van der Waals surface area contributed by atoms with Crippen molar-refractivity contribution in [3.63, 3.8) is 0 Å². The fraction of sp³-hybridized carbons (Fsp3) is 0.0625. The van der Waals surface area contributed by atoms with E-state index in [9.17, 15) is 9.90 Å². The molecule has 23 heavy (non-hydrogen) atoms. The number of azo groups is 1. The Balaban J connectivity index is 2.05. The third kappa shape index (κ3) is 2.94. The highest BCUT2D eigenvalue weighted by atomic mass is 79.9. The van der Waals surface area contributed by atoms with Gasteiger partial charge in [0.05, 0.1) is 11.1 Å². The number of carbonyl (C=O) groups is 1. The van der Waals surface area contributed by atoms with Crippen LogP contribution in [0, 0.1) is 0 Å². The van der Waals surface area contributed by atoms with Gasteiger partial charge in [0.25, 0.3) is 5.91 Å². The van der Waals surface area contributed by atoms with E-state index >= 15 is 0 Å². The molecule has 0 fully saturated rings. The van der Waals surface area contributed by atoms with Crippen molar-refractivity contribution in [3.8, 4) is 5.88 Å². The standard InChI is InChI=1S/C16H11Br2N3O2/c1-21-13-7-6-9(17)8-11(13)14(16(21)23)19-20-15(22)10-4-2-3-5-12(10)18/h2-8,23H,1H3. The molecule has 0 aliphatic rings. The fourth-order valence-corrected chi connectivity index (χ4v) is 3.08. The summed E-state index contributed by atoms with van der Waals surface area (Å²) in [5.74, 6) is -0.523. The zero-order chi connectivity index (χ0) is 16.6. The number of carbonyl (C=O) groups excluding carboxylic acids is 1. The minimum absolute atomic E-state index is 0.0400. The zero-order valence-corrected chi connectivity index (χ0v) is 15.2. The summed E-state index contributed by atoms with van der Waals surface area (Å²) in [6.45, 7) is 0. The van der Waals surface area contributed by atoms with Crippen LogP contribution in [0.25, 0.3) is 10.9 Å². The van der Waals surface area contributed by atoms with E-state index in [1.165, 1.54) is 0 Å². The highest BCUT2D eigenvalue weighted by molar-refractivity contribution is 9.10. The van der Waals surface area contributed by atoms with E-state index in [1.54, 1.807) is 29.8 Å². The average Bonchev–Trinajstić information content (AvgIpc) is 2.76. The number of fused-ring (bicyclic) bond motifs is 1. The maximum atomic E-state index is 12.2. The quantitative estimate of drug-likeness (QED) is 0.551. The lowest BCUT2D eigenvalue weighted by Gasteiger charge is -1.97. The molecule has 0 saturated heterocycles. The predicted octanol–water partition coefficient (Wildman–Crippen LogP) is 5.33. The van der Waals surface area contributed by atoms with Crippen molar-refractivity contribution in [2.75, 3.05) is 0 Å².